The molecule has 1 aromatic rings. The Morgan fingerprint density at radius 1 is 1.64 bits per heavy atom. The van der Waals surface area contributed by atoms with Crippen molar-refractivity contribution in [2.24, 2.45) is 0 Å². The van der Waals surface area contributed by atoms with Crippen molar-refractivity contribution in [3.63, 3.8) is 0 Å². The van der Waals surface area contributed by atoms with Crippen molar-refractivity contribution in [2.45, 2.75) is 18.7 Å². The standard InChI is InChI=1S/C7H10BrN3/c1-4(8)6-3-10-5(2)11-7(6)9/h3-4H,1-2H3,(H2,9,10,11). The Balaban J connectivity index is 3.09. The second-order valence-electron chi connectivity index (χ2n) is 2.37. The van der Waals surface area contributed by atoms with Crippen LogP contribution in [-0.2, 0) is 0 Å². The highest BCUT2D eigenvalue weighted by Gasteiger charge is 2.06. The van der Waals surface area contributed by atoms with Crippen molar-refractivity contribution in [1.29, 1.82) is 0 Å². The maximum Gasteiger partial charge on any atom is 0.131 e. The van der Waals surface area contributed by atoms with Gasteiger partial charge in [0.2, 0.25) is 0 Å². The number of halogens is 1. The molecule has 0 fully saturated rings. The van der Waals surface area contributed by atoms with Crippen LogP contribution >= 0.6 is 15.9 Å². The second-order valence-corrected chi connectivity index (χ2v) is 3.75. The van der Waals surface area contributed by atoms with Crippen molar-refractivity contribution < 1.29 is 0 Å². The molecule has 2 N–H and O–H groups in total. The Kier molecular flexibility index (Phi) is 2.44. The fourth-order valence-corrected chi connectivity index (χ4v) is 1.16. The van der Waals surface area contributed by atoms with E-state index in [1.807, 2.05) is 13.8 Å². The molecule has 60 valence electrons. The first-order valence-electron chi connectivity index (χ1n) is 3.34. The zero-order chi connectivity index (χ0) is 8.43. The van der Waals surface area contributed by atoms with Gasteiger partial charge in [0.05, 0.1) is 0 Å². The summed E-state index contributed by atoms with van der Waals surface area (Å²) in [5.74, 6) is 1.27. The van der Waals surface area contributed by atoms with Crippen LogP contribution in [0, 0.1) is 6.92 Å². The third kappa shape index (κ3) is 1.89. The molecule has 11 heavy (non-hydrogen) atoms. The molecular formula is C7H10BrN3. The summed E-state index contributed by atoms with van der Waals surface area (Å²) >= 11 is 3.40. The summed E-state index contributed by atoms with van der Waals surface area (Å²) in [5, 5.41) is 0. The van der Waals surface area contributed by atoms with Gasteiger partial charge >= 0.3 is 0 Å². The van der Waals surface area contributed by atoms with Gasteiger partial charge in [0.15, 0.2) is 0 Å². The molecule has 0 aliphatic heterocycles. The average Bonchev–Trinajstić information content (AvgIpc) is 1.85. The first-order chi connectivity index (χ1) is 5.11. The fraction of sp³-hybridized carbons (Fsp3) is 0.429. The first-order valence-corrected chi connectivity index (χ1v) is 4.26. The van der Waals surface area contributed by atoms with Crippen LogP contribution in [0.15, 0.2) is 6.20 Å². The number of aromatic nitrogens is 2. The quantitative estimate of drug-likeness (QED) is 0.728. The number of nitrogen functional groups attached to an aromatic ring is 1. The molecule has 1 rings (SSSR count). The number of hydrogen-bond donors (Lipinski definition) is 1. The van der Waals surface area contributed by atoms with Crippen molar-refractivity contribution in [1.82, 2.24) is 9.97 Å². The van der Waals surface area contributed by atoms with Gasteiger partial charge in [0, 0.05) is 16.6 Å². The van der Waals surface area contributed by atoms with E-state index in [-0.39, 0.29) is 4.83 Å². The van der Waals surface area contributed by atoms with Gasteiger partial charge in [-0.3, -0.25) is 0 Å². The zero-order valence-corrected chi connectivity index (χ0v) is 8.09. The van der Waals surface area contributed by atoms with Crippen LogP contribution in [0.5, 0.6) is 0 Å². The first kappa shape index (κ1) is 8.46. The Morgan fingerprint density at radius 3 is 2.73 bits per heavy atom. The predicted octanol–water partition coefficient (Wildman–Crippen LogP) is 1.82. The Hall–Kier alpha value is -0.640. The molecule has 0 saturated heterocycles. The van der Waals surface area contributed by atoms with Crippen molar-refractivity contribution in [2.75, 3.05) is 5.73 Å². The largest absolute Gasteiger partial charge is 0.383 e. The van der Waals surface area contributed by atoms with E-state index in [0.717, 1.165) is 5.56 Å². The molecule has 0 bridgehead atoms. The van der Waals surface area contributed by atoms with Crippen LogP contribution < -0.4 is 5.73 Å². The zero-order valence-electron chi connectivity index (χ0n) is 6.50. The molecule has 1 heterocycles. The molecule has 0 aromatic carbocycles. The van der Waals surface area contributed by atoms with Crippen molar-refractivity contribution in [3.8, 4) is 0 Å². The van der Waals surface area contributed by atoms with Gasteiger partial charge in [0.1, 0.15) is 11.6 Å². The summed E-state index contributed by atoms with van der Waals surface area (Å²) in [4.78, 5) is 8.28. The maximum atomic E-state index is 5.64. The number of aryl methyl sites for hydroxylation is 1. The smallest absolute Gasteiger partial charge is 0.131 e. The number of rotatable bonds is 1. The van der Waals surface area contributed by atoms with Crippen LogP contribution in [0.1, 0.15) is 23.1 Å². The fourth-order valence-electron chi connectivity index (χ4n) is 0.803. The van der Waals surface area contributed by atoms with Crippen LogP contribution in [-0.4, -0.2) is 9.97 Å². The molecule has 0 radical (unpaired) electrons. The second kappa shape index (κ2) is 3.17. The van der Waals surface area contributed by atoms with E-state index in [2.05, 4.69) is 25.9 Å². The predicted molar refractivity (Wildman–Crippen MR) is 48.5 cm³/mol. The van der Waals surface area contributed by atoms with E-state index in [1.165, 1.54) is 0 Å². The van der Waals surface area contributed by atoms with Crippen LogP contribution in [0.3, 0.4) is 0 Å². The highest BCUT2D eigenvalue weighted by molar-refractivity contribution is 9.09. The maximum absolute atomic E-state index is 5.64. The van der Waals surface area contributed by atoms with Gasteiger partial charge in [-0.15, -0.1) is 0 Å². The van der Waals surface area contributed by atoms with Gasteiger partial charge in [-0.05, 0) is 13.8 Å². The van der Waals surface area contributed by atoms with E-state index < -0.39 is 0 Å². The van der Waals surface area contributed by atoms with Crippen molar-refractivity contribution >= 4 is 21.7 Å². The van der Waals surface area contributed by atoms with Gasteiger partial charge < -0.3 is 5.73 Å². The number of anilines is 1. The lowest BCUT2D eigenvalue weighted by Gasteiger charge is -2.05. The minimum atomic E-state index is 0.211. The lowest BCUT2D eigenvalue weighted by Crippen LogP contribution is -2.01. The van der Waals surface area contributed by atoms with Gasteiger partial charge in [-0.25, -0.2) is 9.97 Å². The molecule has 3 nitrogen and oxygen atoms in total. The van der Waals surface area contributed by atoms with Gasteiger partial charge in [0.25, 0.3) is 0 Å². The molecular weight excluding hydrogens is 206 g/mol. The molecule has 4 heteroatoms. The molecule has 0 aliphatic carbocycles. The molecule has 0 amide bonds. The lowest BCUT2D eigenvalue weighted by molar-refractivity contribution is 0.995. The summed E-state index contributed by atoms with van der Waals surface area (Å²) in [6, 6.07) is 0. The molecule has 1 unspecified atom stereocenters. The van der Waals surface area contributed by atoms with E-state index in [0.29, 0.717) is 11.6 Å². The lowest BCUT2D eigenvalue weighted by atomic mass is 10.2. The minimum Gasteiger partial charge on any atom is -0.383 e. The van der Waals surface area contributed by atoms with Crippen LogP contribution in [0.25, 0.3) is 0 Å². The molecule has 0 spiro atoms. The van der Waals surface area contributed by atoms with E-state index >= 15 is 0 Å². The Bertz CT molecular complexity index is 260. The van der Waals surface area contributed by atoms with Crippen molar-refractivity contribution in [3.05, 3.63) is 17.6 Å². The monoisotopic (exact) mass is 215 g/mol. The summed E-state index contributed by atoms with van der Waals surface area (Å²) in [6.07, 6.45) is 1.75. The Morgan fingerprint density at radius 2 is 2.27 bits per heavy atom. The molecule has 0 aliphatic rings. The number of nitrogens with two attached hydrogens (primary N) is 1. The highest BCUT2D eigenvalue weighted by Crippen LogP contribution is 2.24. The van der Waals surface area contributed by atoms with Crippen LogP contribution in [0.2, 0.25) is 0 Å². The average molecular weight is 216 g/mol. The summed E-state index contributed by atoms with van der Waals surface area (Å²) < 4.78 is 0. The minimum absolute atomic E-state index is 0.211. The molecule has 0 saturated carbocycles. The summed E-state index contributed by atoms with van der Waals surface area (Å²) in [7, 11) is 0. The highest BCUT2D eigenvalue weighted by atomic mass is 79.9. The third-order valence-electron chi connectivity index (χ3n) is 1.40. The number of alkyl halides is 1. The van der Waals surface area contributed by atoms with Gasteiger partial charge in [-0.1, -0.05) is 15.9 Å². The van der Waals surface area contributed by atoms with E-state index in [1.54, 1.807) is 6.20 Å². The summed E-state index contributed by atoms with van der Waals surface area (Å²) in [5.41, 5.74) is 6.58. The van der Waals surface area contributed by atoms with Crippen LogP contribution in [0.4, 0.5) is 5.82 Å². The Labute approximate surface area is 74.2 Å². The number of nitrogens with zero attached hydrogens (tertiary/aromatic N) is 2. The normalized spacial score (nSPS) is 13.0. The molecule has 1 atom stereocenters. The topological polar surface area (TPSA) is 51.8 Å². The molecule has 1 aromatic heterocycles. The summed E-state index contributed by atoms with van der Waals surface area (Å²) in [6.45, 7) is 3.81. The van der Waals surface area contributed by atoms with E-state index in [4.69, 9.17) is 5.73 Å². The third-order valence-corrected chi connectivity index (χ3v) is 1.89. The SMILES string of the molecule is Cc1ncc(C(C)Br)c(N)n1. The number of hydrogen-bond acceptors (Lipinski definition) is 3. The van der Waals surface area contributed by atoms with Gasteiger partial charge in [-0.2, -0.15) is 0 Å². The van der Waals surface area contributed by atoms with E-state index in [9.17, 15) is 0 Å².